The second-order valence-electron chi connectivity index (χ2n) is 8.85. The first-order valence-electron chi connectivity index (χ1n) is 11.8. The Bertz CT molecular complexity index is 1000. The molecule has 0 unspecified atom stereocenters. The highest BCUT2D eigenvalue weighted by atomic mass is 15.2. The Morgan fingerprint density at radius 2 is 1.69 bits per heavy atom. The Balaban J connectivity index is 1.80. The third-order valence-corrected chi connectivity index (χ3v) is 6.56. The summed E-state index contributed by atoms with van der Waals surface area (Å²) < 4.78 is 0. The van der Waals surface area contributed by atoms with Crippen molar-refractivity contribution in [3.63, 3.8) is 0 Å². The molecule has 0 saturated carbocycles. The van der Waals surface area contributed by atoms with Gasteiger partial charge >= 0.3 is 0 Å². The maximum atomic E-state index is 4.51. The first-order chi connectivity index (χ1) is 15.5. The van der Waals surface area contributed by atoms with Crippen LogP contribution in [0.1, 0.15) is 55.4 Å². The average molecular weight is 427 g/mol. The van der Waals surface area contributed by atoms with E-state index in [1.54, 1.807) is 0 Å². The molecule has 32 heavy (non-hydrogen) atoms. The van der Waals surface area contributed by atoms with Crippen LogP contribution < -0.4 is 5.32 Å². The number of aryl methyl sites for hydroxylation is 2. The number of hydrogen-bond donors (Lipinski definition) is 1. The van der Waals surface area contributed by atoms with E-state index in [0.717, 1.165) is 38.0 Å². The summed E-state index contributed by atoms with van der Waals surface area (Å²) >= 11 is 0. The van der Waals surface area contributed by atoms with Crippen LogP contribution in [-0.4, -0.2) is 23.5 Å². The van der Waals surface area contributed by atoms with Gasteiger partial charge in [0.15, 0.2) is 0 Å². The predicted octanol–water partition coefficient (Wildman–Crippen LogP) is 7.78. The maximum Gasteiger partial charge on any atom is 0.0441 e. The third-order valence-electron chi connectivity index (χ3n) is 6.56. The summed E-state index contributed by atoms with van der Waals surface area (Å²) in [5.74, 6) is 0. The second kappa shape index (κ2) is 11.0. The molecule has 0 atom stereocenters. The Kier molecular flexibility index (Phi) is 8.16. The molecular formula is C30H38N2. The second-order valence-corrected chi connectivity index (χ2v) is 8.85. The summed E-state index contributed by atoms with van der Waals surface area (Å²) in [6.45, 7) is 15.0. The van der Waals surface area contributed by atoms with Crippen LogP contribution in [0.3, 0.4) is 0 Å². The zero-order valence-corrected chi connectivity index (χ0v) is 20.2. The van der Waals surface area contributed by atoms with Gasteiger partial charge in [0.25, 0.3) is 0 Å². The molecule has 2 nitrogen and oxygen atoms in total. The molecule has 1 N–H and O–H groups in total. The minimum absolute atomic E-state index is 0.0553. The molecule has 1 aliphatic heterocycles. The summed E-state index contributed by atoms with van der Waals surface area (Å²) in [5, 5.41) is 3.94. The predicted molar refractivity (Wildman–Crippen MR) is 142 cm³/mol. The van der Waals surface area contributed by atoms with Crippen LogP contribution in [0.5, 0.6) is 0 Å². The summed E-state index contributed by atoms with van der Waals surface area (Å²) in [6.07, 6.45) is 16.1. The Morgan fingerprint density at radius 3 is 2.38 bits per heavy atom. The van der Waals surface area contributed by atoms with E-state index < -0.39 is 0 Å². The number of para-hydroxylation sites is 1. The smallest absolute Gasteiger partial charge is 0.0441 e. The molecular weight excluding hydrogens is 388 g/mol. The molecule has 0 radical (unpaired) electrons. The van der Waals surface area contributed by atoms with Crippen molar-refractivity contribution in [2.75, 3.05) is 18.4 Å². The van der Waals surface area contributed by atoms with E-state index in [9.17, 15) is 0 Å². The van der Waals surface area contributed by atoms with E-state index in [2.05, 4.69) is 123 Å². The molecule has 0 aliphatic carbocycles. The van der Waals surface area contributed by atoms with Crippen molar-refractivity contribution in [3.05, 3.63) is 102 Å². The number of piperidine rings is 1. The lowest BCUT2D eigenvalue weighted by atomic mass is 9.83. The van der Waals surface area contributed by atoms with Crippen molar-refractivity contribution in [1.29, 1.82) is 0 Å². The lowest BCUT2D eigenvalue weighted by Gasteiger charge is -2.44. The lowest BCUT2D eigenvalue weighted by molar-refractivity contribution is 0.238. The van der Waals surface area contributed by atoms with Crippen LogP contribution in [0.25, 0.3) is 11.8 Å². The van der Waals surface area contributed by atoms with Gasteiger partial charge in [-0.05, 0) is 69.7 Å². The minimum atomic E-state index is 0.0553. The van der Waals surface area contributed by atoms with E-state index in [4.69, 9.17) is 0 Å². The van der Waals surface area contributed by atoms with Crippen molar-refractivity contribution in [1.82, 2.24) is 4.90 Å². The Hall–Kier alpha value is -3.00. The van der Waals surface area contributed by atoms with Gasteiger partial charge in [0.05, 0.1) is 0 Å². The summed E-state index contributed by atoms with van der Waals surface area (Å²) in [7, 11) is 0. The SMILES string of the molecule is C=C(c1cccc(C)c1/C=C\C)N1CCC(C/C=C\C=C/C)(Nc2ccccc2C)CC1. The molecule has 1 aliphatic rings. The average Bonchev–Trinajstić information content (AvgIpc) is 2.80. The van der Waals surface area contributed by atoms with E-state index in [-0.39, 0.29) is 5.54 Å². The number of anilines is 1. The molecule has 0 amide bonds. The number of hydrogen-bond acceptors (Lipinski definition) is 2. The summed E-state index contributed by atoms with van der Waals surface area (Å²) in [4.78, 5) is 2.47. The molecule has 0 aromatic heterocycles. The van der Waals surface area contributed by atoms with Gasteiger partial charge in [-0.25, -0.2) is 0 Å². The maximum absolute atomic E-state index is 4.51. The van der Waals surface area contributed by atoms with E-state index in [1.165, 1.54) is 27.9 Å². The van der Waals surface area contributed by atoms with Gasteiger partial charge < -0.3 is 10.2 Å². The minimum Gasteiger partial charge on any atom is -0.379 e. The van der Waals surface area contributed by atoms with Gasteiger partial charge in [-0.15, -0.1) is 0 Å². The number of rotatable bonds is 8. The molecule has 1 fully saturated rings. The van der Waals surface area contributed by atoms with Crippen LogP contribution in [0, 0.1) is 13.8 Å². The van der Waals surface area contributed by atoms with Gasteiger partial charge in [0.2, 0.25) is 0 Å². The van der Waals surface area contributed by atoms with Crippen molar-refractivity contribution < 1.29 is 0 Å². The van der Waals surface area contributed by atoms with E-state index >= 15 is 0 Å². The number of benzene rings is 2. The largest absolute Gasteiger partial charge is 0.379 e. The Morgan fingerprint density at radius 1 is 0.969 bits per heavy atom. The zero-order chi connectivity index (χ0) is 23.0. The fraction of sp³-hybridized carbons (Fsp3) is 0.333. The van der Waals surface area contributed by atoms with Crippen LogP contribution in [0.15, 0.2) is 79.4 Å². The van der Waals surface area contributed by atoms with Crippen molar-refractivity contribution in [2.45, 2.75) is 52.5 Å². The quantitative estimate of drug-likeness (QED) is 0.434. The Labute approximate surface area is 195 Å². The summed E-state index contributed by atoms with van der Waals surface area (Å²) in [6, 6.07) is 15.1. The molecule has 2 aromatic rings. The van der Waals surface area contributed by atoms with Crippen LogP contribution in [0.2, 0.25) is 0 Å². The van der Waals surface area contributed by atoms with E-state index in [1.807, 2.05) is 0 Å². The van der Waals surface area contributed by atoms with Crippen LogP contribution >= 0.6 is 0 Å². The molecule has 0 bridgehead atoms. The highest BCUT2D eigenvalue weighted by Crippen LogP contribution is 2.35. The zero-order valence-electron chi connectivity index (χ0n) is 20.2. The van der Waals surface area contributed by atoms with Crippen LogP contribution in [0.4, 0.5) is 5.69 Å². The topological polar surface area (TPSA) is 15.3 Å². The first kappa shape index (κ1) is 23.7. The monoisotopic (exact) mass is 426 g/mol. The lowest BCUT2D eigenvalue weighted by Crippen LogP contribution is -2.48. The third kappa shape index (κ3) is 5.62. The fourth-order valence-corrected chi connectivity index (χ4v) is 4.56. The van der Waals surface area contributed by atoms with Gasteiger partial charge in [-0.2, -0.15) is 0 Å². The number of nitrogens with one attached hydrogen (secondary N) is 1. The molecule has 168 valence electrons. The van der Waals surface area contributed by atoms with Crippen molar-refractivity contribution in [2.24, 2.45) is 0 Å². The molecule has 1 heterocycles. The normalized spacial score (nSPS) is 16.3. The van der Waals surface area contributed by atoms with Gasteiger partial charge in [0, 0.05) is 35.6 Å². The standard InChI is InChI=1S/C30H38N2/c1-6-8-9-12-19-30(31-29-18-11-10-15-25(29)4)20-22-32(23-21-30)26(5)28-17-13-16-24(3)27(28)14-7-2/h6-18,31H,5,19-23H2,1-4H3/b8-6-,12-9-,14-7-. The number of nitrogens with zero attached hydrogens (tertiary/aromatic N) is 1. The fourth-order valence-electron chi connectivity index (χ4n) is 4.56. The number of likely N-dealkylation sites (tertiary alicyclic amines) is 1. The highest BCUT2D eigenvalue weighted by molar-refractivity contribution is 5.74. The van der Waals surface area contributed by atoms with Gasteiger partial charge in [0.1, 0.15) is 0 Å². The molecule has 2 aromatic carbocycles. The molecule has 1 saturated heterocycles. The first-order valence-corrected chi connectivity index (χ1v) is 11.8. The van der Waals surface area contributed by atoms with Gasteiger partial charge in [-0.1, -0.05) is 79.4 Å². The number of allylic oxidation sites excluding steroid dienone is 4. The molecule has 2 heteroatoms. The van der Waals surface area contributed by atoms with E-state index in [0.29, 0.717) is 0 Å². The summed E-state index contributed by atoms with van der Waals surface area (Å²) in [5.41, 5.74) is 7.55. The molecule has 3 rings (SSSR count). The van der Waals surface area contributed by atoms with Crippen molar-refractivity contribution in [3.8, 4) is 0 Å². The highest BCUT2D eigenvalue weighted by Gasteiger charge is 2.34. The van der Waals surface area contributed by atoms with Crippen LogP contribution in [-0.2, 0) is 0 Å². The molecule has 0 spiro atoms. The van der Waals surface area contributed by atoms with Crippen molar-refractivity contribution >= 4 is 17.5 Å². The van der Waals surface area contributed by atoms with Gasteiger partial charge in [-0.3, -0.25) is 0 Å².